The maximum absolute atomic E-state index is 12.8. The van der Waals surface area contributed by atoms with Crippen molar-refractivity contribution < 1.29 is 4.79 Å². The molecule has 3 aromatic heterocycles. The van der Waals surface area contributed by atoms with Gasteiger partial charge in [-0.3, -0.25) is 14.6 Å². The lowest BCUT2D eigenvalue weighted by molar-refractivity contribution is 0.0743. The van der Waals surface area contributed by atoms with E-state index in [0.29, 0.717) is 17.0 Å². The van der Waals surface area contributed by atoms with Gasteiger partial charge in [0, 0.05) is 11.8 Å². The molecule has 116 valence electrons. The number of aromatic nitrogens is 4. The number of carbonyl (C=O) groups is 1. The van der Waals surface area contributed by atoms with Crippen molar-refractivity contribution >= 4 is 17.4 Å². The number of amides is 1. The molecule has 1 amide bonds. The topological polar surface area (TPSA) is 109 Å². The summed E-state index contributed by atoms with van der Waals surface area (Å²) in [6.07, 6.45) is 1.80. The first-order valence-electron chi connectivity index (χ1n) is 7.15. The van der Waals surface area contributed by atoms with Crippen molar-refractivity contribution in [3.8, 4) is 0 Å². The third kappa shape index (κ3) is 1.99. The summed E-state index contributed by atoms with van der Waals surface area (Å²) >= 11 is 0. The Bertz CT molecular complexity index is 1000. The molecule has 0 atom stereocenters. The number of fused-ring (bicyclic) bond motifs is 2. The fraction of sp³-hybridized carbons (Fsp3) is 0.200. The van der Waals surface area contributed by atoms with Crippen LogP contribution in [-0.2, 0) is 13.1 Å². The number of nitrogen functional groups attached to an aromatic ring is 1. The molecular weight excluding hydrogens is 296 g/mol. The van der Waals surface area contributed by atoms with E-state index >= 15 is 0 Å². The minimum Gasteiger partial charge on any atom is -0.369 e. The highest BCUT2D eigenvalue weighted by Gasteiger charge is 2.30. The number of hydrogen-bond donors (Lipinski definition) is 2. The Morgan fingerprint density at radius 3 is 2.96 bits per heavy atom. The molecule has 4 rings (SSSR count). The minimum absolute atomic E-state index is 0.0620. The second-order valence-corrected chi connectivity index (χ2v) is 5.54. The van der Waals surface area contributed by atoms with Crippen molar-refractivity contribution in [1.29, 1.82) is 0 Å². The van der Waals surface area contributed by atoms with E-state index in [-0.39, 0.29) is 30.5 Å². The van der Waals surface area contributed by atoms with Crippen LogP contribution in [0.4, 0.5) is 5.95 Å². The lowest BCUT2D eigenvalue weighted by Crippen LogP contribution is -2.27. The van der Waals surface area contributed by atoms with Crippen molar-refractivity contribution in [2.24, 2.45) is 0 Å². The van der Waals surface area contributed by atoms with Crippen molar-refractivity contribution in [3.05, 3.63) is 57.3 Å². The van der Waals surface area contributed by atoms with E-state index < -0.39 is 0 Å². The van der Waals surface area contributed by atoms with Crippen molar-refractivity contribution in [3.63, 3.8) is 0 Å². The van der Waals surface area contributed by atoms with E-state index in [1.165, 1.54) is 0 Å². The zero-order valence-corrected chi connectivity index (χ0v) is 12.4. The van der Waals surface area contributed by atoms with Gasteiger partial charge in [0.15, 0.2) is 5.69 Å². The summed E-state index contributed by atoms with van der Waals surface area (Å²) in [6.45, 7) is 2.33. The first-order chi connectivity index (χ1) is 11.0. The van der Waals surface area contributed by atoms with Crippen LogP contribution in [0.3, 0.4) is 0 Å². The van der Waals surface area contributed by atoms with E-state index in [1.807, 2.05) is 25.1 Å². The van der Waals surface area contributed by atoms with Gasteiger partial charge in [0.05, 0.1) is 29.9 Å². The second kappa shape index (κ2) is 4.67. The molecule has 23 heavy (non-hydrogen) atoms. The lowest BCUT2D eigenvalue weighted by atomic mass is 10.2. The summed E-state index contributed by atoms with van der Waals surface area (Å²) in [5.41, 5.74) is 8.36. The zero-order valence-electron chi connectivity index (χ0n) is 12.4. The average Bonchev–Trinajstić information content (AvgIpc) is 3.09. The maximum Gasteiger partial charge on any atom is 0.275 e. The largest absolute Gasteiger partial charge is 0.369 e. The lowest BCUT2D eigenvalue weighted by Gasteiger charge is -2.13. The number of nitrogens with two attached hydrogens (primary N) is 1. The molecule has 1 aliphatic heterocycles. The van der Waals surface area contributed by atoms with Gasteiger partial charge in [-0.15, -0.1) is 0 Å². The van der Waals surface area contributed by atoms with E-state index in [1.54, 1.807) is 15.6 Å². The minimum atomic E-state index is -0.297. The number of anilines is 1. The van der Waals surface area contributed by atoms with E-state index in [9.17, 15) is 9.59 Å². The molecule has 4 heterocycles. The van der Waals surface area contributed by atoms with Crippen LogP contribution in [0.25, 0.3) is 5.52 Å². The normalized spacial score (nSPS) is 13.5. The summed E-state index contributed by atoms with van der Waals surface area (Å²) in [4.78, 5) is 32.8. The van der Waals surface area contributed by atoms with Crippen molar-refractivity contribution in [2.45, 2.75) is 20.0 Å². The third-order valence-corrected chi connectivity index (χ3v) is 4.09. The maximum atomic E-state index is 12.8. The van der Waals surface area contributed by atoms with Gasteiger partial charge in [0.2, 0.25) is 5.95 Å². The Morgan fingerprint density at radius 1 is 1.35 bits per heavy atom. The molecule has 0 spiro atoms. The van der Waals surface area contributed by atoms with Gasteiger partial charge in [-0.05, 0) is 19.1 Å². The Balaban J connectivity index is 1.72. The SMILES string of the molecule is Cc1c(C(=O)N2Cc3nc(N)[nH]c(=O)c3C2)nn2ccccc12. The standard InChI is InChI=1S/C15H14N6O2/c1-8-11-4-2-3-5-21(11)19-12(8)14(23)20-6-9-10(7-20)17-15(16)18-13(9)22/h2-5H,6-7H2,1H3,(H3,16,17,18,22). The number of rotatable bonds is 1. The number of nitrogens with zero attached hydrogens (tertiary/aromatic N) is 4. The highest BCUT2D eigenvalue weighted by atomic mass is 16.2. The van der Waals surface area contributed by atoms with Crippen LogP contribution in [0.15, 0.2) is 29.2 Å². The molecule has 1 aliphatic rings. The van der Waals surface area contributed by atoms with Crippen LogP contribution in [-0.4, -0.2) is 30.4 Å². The van der Waals surface area contributed by atoms with Gasteiger partial charge < -0.3 is 10.6 Å². The van der Waals surface area contributed by atoms with Crippen LogP contribution < -0.4 is 11.3 Å². The molecule has 0 saturated heterocycles. The number of hydrogen-bond acceptors (Lipinski definition) is 5. The number of aryl methyl sites for hydroxylation is 1. The predicted molar refractivity (Wildman–Crippen MR) is 82.8 cm³/mol. The summed E-state index contributed by atoms with van der Waals surface area (Å²) in [5, 5.41) is 4.35. The molecule has 0 radical (unpaired) electrons. The Hall–Kier alpha value is -3.16. The van der Waals surface area contributed by atoms with Crippen molar-refractivity contribution in [2.75, 3.05) is 5.73 Å². The van der Waals surface area contributed by atoms with Gasteiger partial charge in [-0.25, -0.2) is 9.50 Å². The van der Waals surface area contributed by atoms with Crippen LogP contribution in [0, 0.1) is 6.92 Å². The van der Waals surface area contributed by atoms with Gasteiger partial charge in [-0.2, -0.15) is 5.10 Å². The fourth-order valence-corrected chi connectivity index (χ4v) is 2.90. The molecule has 8 heteroatoms. The molecule has 0 bridgehead atoms. The van der Waals surface area contributed by atoms with Crippen molar-refractivity contribution in [1.82, 2.24) is 24.5 Å². The van der Waals surface area contributed by atoms with E-state index in [0.717, 1.165) is 11.1 Å². The Morgan fingerprint density at radius 2 is 2.17 bits per heavy atom. The molecular formula is C15H14N6O2. The number of H-pyrrole nitrogens is 1. The highest BCUT2D eigenvalue weighted by Crippen LogP contribution is 2.22. The molecule has 3 aromatic rings. The summed E-state index contributed by atoms with van der Waals surface area (Å²) < 4.78 is 1.68. The second-order valence-electron chi connectivity index (χ2n) is 5.54. The summed E-state index contributed by atoms with van der Waals surface area (Å²) in [6, 6.07) is 5.66. The van der Waals surface area contributed by atoms with E-state index in [2.05, 4.69) is 15.1 Å². The monoisotopic (exact) mass is 310 g/mol. The third-order valence-electron chi connectivity index (χ3n) is 4.09. The van der Waals surface area contributed by atoms with Gasteiger partial charge in [-0.1, -0.05) is 6.07 Å². The molecule has 0 aromatic carbocycles. The van der Waals surface area contributed by atoms with Crippen LogP contribution in [0.1, 0.15) is 27.3 Å². The molecule has 0 aliphatic carbocycles. The molecule has 0 fully saturated rings. The number of carbonyl (C=O) groups excluding carboxylic acids is 1. The average molecular weight is 310 g/mol. The highest BCUT2D eigenvalue weighted by molar-refractivity contribution is 5.95. The fourth-order valence-electron chi connectivity index (χ4n) is 2.90. The van der Waals surface area contributed by atoms with Crippen LogP contribution in [0.2, 0.25) is 0 Å². The van der Waals surface area contributed by atoms with Gasteiger partial charge in [0.1, 0.15) is 0 Å². The molecule has 0 saturated carbocycles. The quantitative estimate of drug-likeness (QED) is 0.679. The smallest absolute Gasteiger partial charge is 0.275 e. The van der Waals surface area contributed by atoms with E-state index in [4.69, 9.17) is 5.73 Å². The van der Waals surface area contributed by atoms with Gasteiger partial charge >= 0.3 is 0 Å². The molecule has 3 N–H and O–H groups in total. The zero-order chi connectivity index (χ0) is 16.1. The molecule has 0 unspecified atom stereocenters. The first-order valence-corrected chi connectivity index (χ1v) is 7.15. The first kappa shape index (κ1) is 13.5. The van der Waals surface area contributed by atoms with Crippen LogP contribution >= 0.6 is 0 Å². The number of pyridine rings is 1. The number of nitrogens with one attached hydrogen (secondary N) is 1. The summed E-state index contributed by atoms with van der Waals surface area (Å²) in [7, 11) is 0. The Labute approximate surface area is 130 Å². The summed E-state index contributed by atoms with van der Waals surface area (Å²) in [5.74, 6) is -0.158. The van der Waals surface area contributed by atoms with Crippen LogP contribution in [0.5, 0.6) is 0 Å². The number of aromatic amines is 1. The predicted octanol–water partition coefficient (Wildman–Crippen LogP) is 0.464. The molecule has 8 nitrogen and oxygen atoms in total. The Kier molecular flexibility index (Phi) is 2.74. The van der Waals surface area contributed by atoms with Gasteiger partial charge in [0.25, 0.3) is 11.5 Å².